The monoisotopic (exact) mass is 411 g/mol. The van der Waals surface area contributed by atoms with Crippen LogP contribution in [0.5, 0.6) is 0 Å². The highest BCUT2D eigenvalue weighted by atomic mass is 35.5. The molecule has 3 aromatic rings. The standard InChI is InChI=1S/C22H22ClN3O3/c1-14(2)19(26-22(28)24-17-9-4-3-5-10-17)21(27)29-13-16-12-15-8-6-7-11-18(15)25-20(16)23/h3-12,14,19H,13H2,1-2H3,(H2,24,26,28)/t19-/m1/s1. The number of benzene rings is 2. The Kier molecular flexibility index (Phi) is 6.67. The maximum atomic E-state index is 12.6. The lowest BCUT2D eigenvalue weighted by atomic mass is 10.1. The highest BCUT2D eigenvalue weighted by Gasteiger charge is 2.26. The SMILES string of the molecule is CC(C)[C@@H](NC(=O)Nc1ccccc1)C(=O)OCc1cc2ccccc2nc1Cl. The Morgan fingerprint density at radius 2 is 1.76 bits per heavy atom. The molecule has 6 nitrogen and oxygen atoms in total. The Morgan fingerprint density at radius 3 is 2.48 bits per heavy atom. The van der Waals surface area contributed by atoms with Crippen LogP contribution in [0.1, 0.15) is 19.4 Å². The number of aromatic nitrogens is 1. The molecule has 7 heteroatoms. The number of nitrogens with one attached hydrogen (secondary N) is 2. The zero-order chi connectivity index (χ0) is 20.8. The number of carbonyl (C=O) groups is 2. The van der Waals surface area contributed by atoms with Gasteiger partial charge in [0.05, 0.1) is 5.52 Å². The number of amides is 2. The van der Waals surface area contributed by atoms with Crippen LogP contribution in [-0.2, 0) is 16.1 Å². The number of hydrogen-bond acceptors (Lipinski definition) is 4. The molecule has 0 saturated heterocycles. The Morgan fingerprint density at radius 1 is 1.07 bits per heavy atom. The summed E-state index contributed by atoms with van der Waals surface area (Å²) in [7, 11) is 0. The van der Waals surface area contributed by atoms with Crippen LogP contribution in [0.25, 0.3) is 10.9 Å². The van der Waals surface area contributed by atoms with E-state index in [1.807, 2.05) is 62.4 Å². The van der Waals surface area contributed by atoms with E-state index in [1.54, 1.807) is 12.1 Å². The molecule has 0 saturated carbocycles. The fourth-order valence-corrected chi connectivity index (χ4v) is 3.00. The van der Waals surface area contributed by atoms with Crippen molar-refractivity contribution >= 4 is 40.2 Å². The minimum absolute atomic E-state index is 0.0271. The molecule has 0 bridgehead atoms. The van der Waals surface area contributed by atoms with Gasteiger partial charge in [-0.3, -0.25) is 0 Å². The van der Waals surface area contributed by atoms with Gasteiger partial charge in [0.15, 0.2) is 0 Å². The normalized spacial score (nSPS) is 11.9. The van der Waals surface area contributed by atoms with Gasteiger partial charge >= 0.3 is 12.0 Å². The lowest BCUT2D eigenvalue weighted by Gasteiger charge is -2.21. The summed E-state index contributed by atoms with van der Waals surface area (Å²) in [6.07, 6.45) is 0. The van der Waals surface area contributed by atoms with E-state index in [9.17, 15) is 9.59 Å². The average molecular weight is 412 g/mol. The molecule has 2 N–H and O–H groups in total. The van der Waals surface area contributed by atoms with Gasteiger partial charge in [-0.05, 0) is 30.2 Å². The van der Waals surface area contributed by atoms with Crippen molar-refractivity contribution in [2.45, 2.75) is 26.5 Å². The maximum absolute atomic E-state index is 12.6. The predicted octanol–water partition coefficient (Wildman–Crippen LogP) is 4.78. The second-order valence-electron chi connectivity index (χ2n) is 6.92. The van der Waals surface area contributed by atoms with Gasteiger partial charge in [0, 0.05) is 16.6 Å². The summed E-state index contributed by atoms with van der Waals surface area (Å²) in [5.74, 6) is -0.693. The Hall–Kier alpha value is -3.12. The number of anilines is 1. The van der Waals surface area contributed by atoms with Gasteiger partial charge in [0.2, 0.25) is 0 Å². The number of fused-ring (bicyclic) bond motifs is 1. The summed E-state index contributed by atoms with van der Waals surface area (Å²) in [4.78, 5) is 29.2. The summed E-state index contributed by atoms with van der Waals surface area (Å²) >= 11 is 6.22. The molecule has 0 aliphatic rings. The number of esters is 1. The Bertz CT molecular complexity index is 1010. The first-order valence-electron chi connectivity index (χ1n) is 9.27. The van der Waals surface area contributed by atoms with Crippen molar-refractivity contribution in [2.24, 2.45) is 5.92 Å². The molecule has 29 heavy (non-hydrogen) atoms. The highest BCUT2D eigenvalue weighted by Crippen LogP contribution is 2.21. The molecule has 0 radical (unpaired) electrons. The second-order valence-corrected chi connectivity index (χ2v) is 7.28. The van der Waals surface area contributed by atoms with E-state index >= 15 is 0 Å². The minimum Gasteiger partial charge on any atom is -0.459 e. The number of urea groups is 1. The minimum atomic E-state index is -0.800. The van der Waals surface area contributed by atoms with Gasteiger partial charge < -0.3 is 15.4 Å². The highest BCUT2D eigenvalue weighted by molar-refractivity contribution is 6.30. The van der Waals surface area contributed by atoms with Crippen LogP contribution < -0.4 is 10.6 Å². The molecular formula is C22H22ClN3O3. The van der Waals surface area contributed by atoms with Gasteiger partial charge in [-0.25, -0.2) is 14.6 Å². The molecule has 0 unspecified atom stereocenters. The summed E-state index contributed by atoms with van der Waals surface area (Å²) < 4.78 is 5.43. The lowest BCUT2D eigenvalue weighted by Crippen LogP contribution is -2.47. The van der Waals surface area contributed by atoms with Crippen LogP contribution in [0, 0.1) is 5.92 Å². The molecule has 1 heterocycles. The molecule has 0 aliphatic carbocycles. The average Bonchev–Trinajstić information content (AvgIpc) is 2.70. The molecule has 0 fully saturated rings. The number of rotatable bonds is 6. The zero-order valence-electron chi connectivity index (χ0n) is 16.2. The van der Waals surface area contributed by atoms with E-state index in [0.29, 0.717) is 11.3 Å². The van der Waals surface area contributed by atoms with Gasteiger partial charge in [0.25, 0.3) is 0 Å². The maximum Gasteiger partial charge on any atom is 0.329 e. The first-order valence-corrected chi connectivity index (χ1v) is 9.65. The number of ether oxygens (including phenoxy) is 1. The van der Waals surface area contributed by atoms with E-state index in [4.69, 9.17) is 16.3 Å². The zero-order valence-corrected chi connectivity index (χ0v) is 16.9. The van der Waals surface area contributed by atoms with Crippen molar-refractivity contribution in [1.29, 1.82) is 0 Å². The molecule has 2 aromatic carbocycles. The lowest BCUT2D eigenvalue weighted by molar-refractivity contribution is -0.148. The van der Waals surface area contributed by atoms with Gasteiger partial charge in [0.1, 0.15) is 17.8 Å². The Labute approximate surface area is 174 Å². The van der Waals surface area contributed by atoms with Crippen LogP contribution >= 0.6 is 11.6 Å². The number of halogens is 1. The third kappa shape index (κ3) is 5.45. The van der Waals surface area contributed by atoms with Crippen molar-refractivity contribution in [1.82, 2.24) is 10.3 Å². The third-order valence-corrected chi connectivity index (χ3v) is 4.69. The molecule has 2 amide bonds. The first-order chi connectivity index (χ1) is 13.9. The molecule has 1 aromatic heterocycles. The van der Waals surface area contributed by atoms with Crippen LogP contribution in [0.3, 0.4) is 0 Å². The van der Waals surface area contributed by atoms with Crippen LogP contribution in [-0.4, -0.2) is 23.0 Å². The largest absolute Gasteiger partial charge is 0.459 e. The fourth-order valence-electron chi connectivity index (χ4n) is 2.80. The molecule has 3 rings (SSSR count). The van der Waals surface area contributed by atoms with Crippen LogP contribution in [0.2, 0.25) is 5.15 Å². The van der Waals surface area contributed by atoms with E-state index < -0.39 is 18.0 Å². The predicted molar refractivity (Wildman–Crippen MR) is 114 cm³/mol. The topological polar surface area (TPSA) is 80.3 Å². The third-order valence-electron chi connectivity index (χ3n) is 4.36. The van der Waals surface area contributed by atoms with Crippen molar-refractivity contribution < 1.29 is 14.3 Å². The number of carbonyl (C=O) groups excluding carboxylic acids is 2. The summed E-state index contributed by atoms with van der Waals surface area (Å²) in [5.41, 5.74) is 2.01. The summed E-state index contributed by atoms with van der Waals surface area (Å²) in [6, 6.07) is 17.1. The number of hydrogen-bond donors (Lipinski definition) is 2. The van der Waals surface area contributed by atoms with Gasteiger partial charge in [-0.2, -0.15) is 0 Å². The van der Waals surface area contributed by atoms with Crippen LogP contribution in [0.15, 0.2) is 60.7 Å². The second kappa shape index (κ2) is 9.39. The smallest absolute Gasteiger partial charge is 0.329 e. The summed E-state index contributed by atoms with van der Waals surface area (Å²) in [6.45, 7) is 3.64. The van der Waals surface area contributed by atoms with E-state index in [0.717, 1.165) is 10.9 Å². The van der Waals surface area contributed by atoms with E-state index in [2.05, 4.69) is 15.6 Å². The van der Waals surface area contributed by atoms with Crippen LogP contribution in [0.4, 0.5) is 10.5 Å². The van der Waals surface area contributed by atoms with Crippen molar-refractivity contribution in [2.75, 3.05) is 5.32 Å². The van der Waals surface area contributed by atoms with Crippen molar-refractivity contribution in [3.8, 4) is 0 Å². The fraction of sp³-hybridized carbons (Fsp3) is 0.227. The van der Waals surface area contributed by atoms with E-state index in [-0.39, 0.29) is 17.7 Å². The summed E-state index contributed by atoms with van der Waals surface area (Å²) in [5, 5.41) is 6.56. The quantitative estimate of drug-likeness (QED) is 0.452. The number of nitrogens with zero attached hydrogens (tertiary/aromatic N) is 1. The van der Waals surface area contributed by atoms with Crippen molar-refractivity contribution in [3.05, 3.63) is 71.4 Å². The van der Waals surface area contributed by atoms with E-state index in [1.165, 1.54) is 0 Å². The number of pyridine rings is 1. The first kappa shape index (κ1) is 20.6. The molecule has 0 aliphatic heterocycles. The molecular weight excluding hydrogens is 390 g/mol. The molecule has 150 valence electrons. The number of para-hydroxylation sites is 2. The molecule has 1 atom stereocenters. The van der Waals surface area contributed by atoms with Crippen molar-refractivity contribution in [3.63, 3.8) is 0 Å². The molecule has 0 spiro atoms. The van der Waals surface area contributed by atoms with Gasteiger partial charge in [-0.15, -0.1) is 0 Å². The van der Waals surface area contributed by atoms with Gasteiger partial charge in [-0.1, -0.05) is 61.8 Å². The Balaban J connectivity index is 1.64.